The fourth-order valence-electron chi connectivity index (χ4n) is 4.55. The van der Waals surface area contributed by atoms with E-state index >= 15 is 13.2 Å². The minimum atomic E-state index is -2.38. The molecule has 9 heteroatoms. The molecule has 0 N–H and O–H groups in total. The molecule has 3 aromatic rings. The van der Waals surface area contributed by atoms with Crippen molar-refractivity contribution in [3.63, 3.8) is 0 Å². The van der Waals surface area contributed by atoms with Gasteiger partial charge in [-0.15, -0.1) is 0 Å². The van der Waals surface area contributed by atoms with Crippen molar-refractivity contribution in [3.05, 3.63) is 105 Å². The highest BCUT2D eigenvalue weighted by atomic mass is 19.2. The monoisotopic (exact) mass is 504 g/mol. The predicted molar refractivity (Wildman–Crippen MR) is 133 cm³/mol. The summed E-state index contributed by atoms with van der Waals surface area (Å²) < 4.78 is 52.8. The van der Waals surface area contributed by atoms with Crippen LogP contribution in [-0.2, 0) is 15.9 Å². The quantitative estimate of drug-likeness (QED) is 0.266. The Morgan fingerprint density at radius 1 is 0.892 bits per heavy atom. The first kappa shape index (κ1) is 25.6. The van der Waals surface area contributed by atoms with Crippen LogP contribution in [0.1, 0.15) is 39.5 Å². The zero-order valence-corrected chi connectivity index (χ0v) is 20.9. The average Bonchev–Trinajstić information content (AvgIpc) is 3.21. The Kier molecular flexibility index (Phi) is 6.13. The molecule has 3 aromatic carbocycles. The number of fused-ring (bicyclic) bond motifs is 1. The number of hydrogen-bond acceptors (Lipinski definition) is 5. The molecule has 1 unspecified atom stereocenters. The van der Waals surface area contributed by atoms with Crippen LogP contribution in [0.15, 0.2) is 48.5 Å². The molecule has 0 spiro atoms. The van der Waals surface area contributed by atoms with Crippen LogP contribution in [0.25, 0.3) is 4.85 Å². The van der Waals surface area contributed by atoms with Crippen LogP contribution in [0.2, 0.25) is 0 Å². The molecule has 0 saturated carbocycles. The second-order valence-corrected chi connectivity index (χ2v) is 9.32. The summed E-state index contributed by atoms with van der Waals surface area (Å²) in [6.45, 7) is 8.38. The van der Waals surface area contributed by atoms with E-state index in [2.05, 4.69) is 4.85 Å². The van der Waals surface area contributed by atoms with Crippen LogP contribution >= 0.6 is 0 Å². The van der Waals surface area contributed by atoms with E-state index in [-0.39, 0.29) is 11.1 Å². The predicted octanol–water partition coefficient (Wildman–Crippen LogP) is 5.36. The van der Waals surface area contributed by atoms with Gasteiger partial charge in [-0.2, -0.15) is 5.26 Å². The van der Waals surface area contributed by atoms with Crippen molar-refractivity contribution >= 4 is 17.3 Å². The number of cyclic esters (lactones) is 1. The standard InChI is InChI=1S/C28H23F3N4O2/c1-27(15-32,33-2)22-24(30)21-20(23(29)25(22)31)26(36)37-28(21,16-7-11-18(12-8-16)34(3)4)17-9-13-19(14-10-17)35(5)6/h7-14H,1,3-6H3. The van der Waals surface area contributed by atoms with Gasteiger partial charge in [0, 0.05) is 57.6 Å². The van der Waals surface area contributed by atoms with Crippen molar-refractivity contribution in [1.82, 2.24) is 0 Å². The minimum Gasteiger partial charge on any atom is -0.440 e. The van der Waals surface area contributed by atoms with Crippen LogP contribution in [-0.4, -0.2) is 34.2 Å². The van der Waals surface area contributed by atoms with Gasteiger partial charge < -0.3 is 14.5 Å². The van der Waals surface area contributed by atoms with Gasteiger partial charge in [0.2, 0.25) is 0 Å². The van der Waals surface area contributed by atoms with Gasteiger partial charge in [0.15, 0.2) is 23.3 Å². The van der Waals surface area contributed by atoms with E-state index in [0.717, 1.165) is 18.3 Å². The van der Waals surface area contributed by atoms with Gasteiger partial charge in [0.05, 0.1) is 5.56 Å². The van der Waals surface area contributed by atoms with Gasteiger partial charge in [0.25, 0.3) is 0 Å². The lowest BCUT2D eigenvalue weighted by Gasteiger charge is -2.32. The molecular weight excluding hydrogens is 481 g/mol. The first-order valence-electron chi connectivity index (χ1n) is 11.2. The molecule has 0 aliphatic carbocycles. The molecule has 4 rings (SSSR count). The highest BCUT2D eigenvalue weighted by Gasteiger charge is 2.56. The number of nitriles is 1. The molecule has 0 amide bonds. The number of benzene rings is 3. The molecule has 1 aliphatic heterocycles. The van der Waals surface area contributed by atoms with Crippen molar-refractivity contribution in [2.45, 2.75) is 18.1 Å². The van der Waals surface area contributed by atoms with Crippen molar-refractivity contribution in [2.75, 3.05) is 38.0 Å². The third kappa shape index (κ3) is 3.66. The number of carbonyl (C=O) groups is 1. The first-order chi connectivity index (χ1) is 17.4. The Hall–Kier alpha value is -4.50. The number of anilines is 2. The smallest absolute Gasteiger partial charge is 0.343 e. The molecule has 0 aromatic heterocycles. The number of nitrogens with zero attached hydrogens (tertiary/aromatic N) is 4. The SMILES string of the molecule is [C-]#[N+]C(C)(C#N)c1c(F)c(F)c2c(c1F)C(c1ccc(N(C)C)cc1)(c1ccc(N(C)C)cc1)OC2=O. The van der Waals surface area contributed by atoms with E-state index in [1.165, 1.54) is 0 Å². The fourth-order valence-corrected chi connectivity index (χ4v) is 4.55. The normalized spacial score (nSPS) is 15.1. The number of esters is 1. The van der Waals surface area contributed by atoms with Crippen molar-refractivity contribution in [2.24, 2.45) is 0 Å². The average molecular weight is 505 g/mol. The van der Waals surface area contributed by atoms with Crippen LogP contribution in [0.4, 0.5) is 24.5 Å². The summed E-state index contributed by atoms with van der Waals surface area (Å²) in [4.78, 5) is 19.8. The molecule has 0 fully saturated rings. The number of rotatable bonds is 5. The van der Waals surface area contributed by atoms with Gasteiger partial charge in [-0.1, -0.05) is 24.3 Å². The van der Waals surface area contributed by atoms with Crippen LogP contribution in [0.3, 0.4) is 0 Å². The lowest BCUT2D eigenvalue weighted by atomic mass is 9.77. The fraction of sp³-hybridized carbons (Fsp3) is 0.250. The molecule has 37 heavy (non-hydrogen) atoms. The lowest BCUT2D eigenvalue weighted by Crippen LogP contribution is -2.32. The number of carbonyl (C=O) groups excluding carboxylic acids is 1. The Morgan fingerprint density at radius 3 is 1.73 bits per heavy atom. The largest absolute Gasteiger partial charge is 0.440 e. The summed E-state index contributed by atoms with van der Waals surface area (Å²) in [5.74, 6) is -6.08. The van der Waals surface area contributed by atoms with E-state index in [4.69, 9.17) is 11.3 Å². The van der Waals surface area contributed by atoms with Crippen molar-refractivity contribution in [1.29, 1.82) is 5.26 Å². The van der Waals surface area contributed by atoms with E-state index in [0.29, 0.717) is 0 Å². The second kappa shape index (κ2) is 8.86. The highest BCUT2D eigenvalue weighted by molar-refractivity contribution is 5.97. The van der Waals surface area contributed by atoms with Crippen molar-refractivity contribution < 1.29 is 22.7 Å². The zero-order valence-electron chi connectivity index (χ0n) is 20.9. The Labute approximate surface area is 212 Å². The molecule has 0 bridgehead atoms. The number of ether oxygens (including phenoxy) is 1. The van der Waals surface area contributed by atoms with Crippen LogP contribution < -0.4 is 9.80 Å². The minimum absolute atomic E-state index is 0.278. The van der Waals surface area contributed by atoms with Gasteiger partial charge in [-0.05, 0) is 24.3 Å². The summed E-state index contributed by atoms with van der Waals surface area (Å²) in [5, 5.41) is 9.58. The highest BCUT2D eigenvalue weighted by Crippen LogP contribution is 2.51. The molecule has 6 nitrogen and oxygen atoms in total. The molecule has 1 atom stereocenters. The maximum absolute atomic E-state index is 16.4. The van der Waals surface area contributed by atoms with E-state index in [9.17, 15) is 10.1 Å². The topological polar surface area (TPSA) is 60.9 Å². The first-order valence-corrected chi connectivity index (χ1v) is 11.2. The van der Waals surface area contributed by atoms with E-state index in [1.54, 1.807) is 54.6 Å². The third-order valence-corrected chi connectivity index (χ3v) is 6.63. The zero-order chi connectivity index (χ0) is 27.3. The second-order valence-electron chi connectivity index (χ2n) is 9.32. The Balaban J connectivity index is 2.16. The van der Waals surface area contributed by atoms with Gasteiger partial charge >= 0.3 is 11.5 Å². The van der Waals surface area contributed by atoms with Crippen LogP contribution in [0, 0.1) is 35.4 Å². The van der Waals surface area contributed by atoms with Gasteiger partial charge in [0.1, 0.15) is 16.9 Å². The summed E-state index contributed by atoms with van der Waals surface area (Å²) in [7, 11) is 7.30. The Morgan fingerprint density at radius 2 is 1.35 bits per heavy atom. The van der Waals surface area contributed by atoms with Crippen LogP contribution in [0.5, 0.6) is 0 Å². The summed E-state index contributed by atoms with van der Waals surface area (Å²) >= 11 is 0. The molecule has 0 radical (unpaired) electrons. The molecule has 1 aliphatic rings. The van der Waals surface area contributed by atoms with Gasteiger partial charge in [-0.25, -0.2) is 24.5 Å². The summed E-state index contributed by atoms with van der Waals surface area (Å²) in [6, 6.07) is 14.9. The summed E-state index contributed by atoms with van der Waals surface area (Å²) in [6.07, 6.45) is 0. The molecule has 0 saturated heterocycles. The van der Waals surface area contributed by atoms with E-state index < -0.39 is 51.3 Å². The maximum Gasteiger partial charge on any atom is 0.343 e. The molecular formula is C28H23F3N4O2. The summed E-state index contributed by atoms with van der Waals surface area (Å²) in [5.41, 5.74) is -4.80. The lowest BCUT2D eigenvalue weighted by molar-refractivity contribution is 0.0243. The third-order valence-electron chi connectivity index (χ3n) is 6.63. The van der Waals surface area contributed by atoms with Gasteiger partial charge in [-0.3, -0.25) is 4.85 Å². The maximum atomic E-state index is 16.4. The van der Waals surface area contributed by atoms with Crippen molar-refractivity contribution in [3.8, 4) is 6.07 Å². The number of hydrogen-bond donors (Lipinski definition) is 0. The molecule has 1 heterocycles. The Bertz CT molecular complexity index is 1420. The molecule has 188 valence electrons. The van der Waals surface area contributed by atoms with E-state index in [1.807, 2.05) is 38.0 Å². The number of halogens is 3.